The molecule has 2 aromatic carbocycles. The molecule has 0 aliphatic rings. The molecule has 0 spiro atoms. The van der Waals surface area contributed by atoms with E-state index in [1.54, 1.807) is 12.1 Å². The molecule has 1 amide bonds. The second kappa shape index (κ2) is 7.58. The fourth-order valence-corrected chi connectivity index (χ4v) is 2.14. The first-order chi connectivity index (χ1) is 11.7. The summed E-state index contributed by atoms with van der Waals surface area (Å²) in [5.41, 5.74) is 0.0695. The SMILES string of the molecule is COc1cc(C(F)(F)F)ccc1C(=O)NCc1ccc(B(O)O)cc1. The molecular weight excluding hydrogens is 338 g/mol. The van der Waals surface area contributed by atoms with Gasteiger partial charge in [0.2, 0.25) is 0 Å². The normalized spacial score (nSPS) is 11.1. The second-order valence-corrected chi connectivity index (χ2v) is 5.21. The number of amides is 1. The minimum Gasteiger partial charge on any atom is -0.496 e. The predicted molar refractivity (Wildman–Crippen MR) is 85.4 cm³/mol. The van der Waals surface area contributed by atoms with E-state index in [0.29, 0.717) is 11.0 Å². The molecule has 132 valence electrons. The van der Waals surface area contributed by atoms with Crippen molar-refractivity contribution in [2.45, 2.75) is 12.7 Å². The highest BCUT2D eigenvalue weighted by molar-refractivity contribution is 6.58. The van der Waals surface area contributed by atoms with Crippen LogP contribution < -0.4 is 15.5 Å². The Hall–Kier alpha value is -2.52. The standard InChI is InChI=1S/C16H15BF3NO4/c1-25-14-8-11(16(18,19)20)4-7-13(14)15(22)21-9-10-2-5-12(6-3-10)17(23)24/h2-8,23-24H,9H2,1H3,(H,21,22). The molecule has 0 aromatic heterocycles. The van der Waals surface area contributed by atoms with Crippen LogP contribution in [0.2, 0.25) is 0 Å². The summed E-state index contributed by atoms with van der Waals surface area (Å²) in [6.45, 7) is 0.116. The largest absolute Gasteiger partial charge is 0.496 e. The average Bonchev–Trinajstić information content (AvgIpc) is 2.58. The highest BCUT2D eigenvalue weighted by atomic mass is 19.4. The first-order valence-electron chi connectivity index (χ1n) is 7.21. The number of nitrogens with one attached hydrogen (secondary N) is 1. The van der Waals surface area contributed by atoms with Gasteiger partial charge in [-0.2, -0.15) is 13.2 Å². The number of carbonyl (C=O) groups is 1. The summed E-state index contributed by atoms with van der Waals surface area (Å²) in [5.74, 6) is -0.761. The molecule has 2 aromatic rings. The Bertz CT molecular complexity index is 748. The molecule has 0 unspecified atom stereocenters. The molecule has 9 heteroatoms. The van der Waals surface area contributed by atoms with Crippen molar-refractivity contribution < 1.29 is 32.8 Å². The third kappa shape index (κ3) is 4.74. The minimum absolute atomic E-state index is 0.0158. The van der Waals surface area contributed by atoms with Crippen molar-refractivity contribution in [1.82, 2.24) is 5.32 Å². The van der Waals surface area contributed by atoms with Gasteiger partial charge in [-0.25, -0.2) is 0 Å². The van der Waals surface area contributed by atoms with E-state index in [4.69, 9.17) is 14.8 Å². The van der Waals surface area contributed by atoms with Gasteiger partial charge in [-0.3, -0.25) is 4.79 Å². The summed E-state index contributed by atoms with van der Waals surface area (Å²) in [6, 6.07) is 8.82. The molecule has 0 radical (unpaired) electrons. The van der Waals surface area contributed by atoms with Crippen molar-refractivity contribution >= 4 is 18.5 Å². The Balaban J connectivity index is 2.10. The summed E-state index contributed by atoms with van der Waals surface area (Å²) in [6.07, 6.45) is -4.53. The lowest BCUT2D eigenvalue weighted by molar-refractivity contribution is -0.137. The molecule has 0 bridgehead atoms. The van der Waals surface area contributed by atoms with E-state index in [0.717, 1.165) is 18.2 Å². The number of halogens is 3. The van der Waals surface area contributed by atoms with Gasteiger partial charge in [0.05, 0.1) is 18.2 Å². The molecule has 0 atom stereocenters. The number of hydrogen-bond donors (Lipinski definition) is 3. The lowest BCUT2D eigenvalue weighted by Gasteiger charge is -2.13. The number of carbonyl (C=O) groups excluding carboxylic acids is 1. The molecular formula is C16H15BF3NO4. The van der Waals surface area contributed by atoms with E-state index in [-0.39, 0.29) is 17.9 Å². The van der Waals surface area contributed by atoms with Gasteiger partial charge in [-0.1, -0.05) is 24.3 Å². The monoisotopic (exact) mass is 353 g/mol. The first kappa shape index (κ1) is 18.8. The van der Waals surface area contributed by atoms with Crippen LogP contribution in [-0.4, -0.2) is 30.2 Å². The fourth-order valence-electron chi connectivity index (χ4n) is 2.14. The van der Waals surface area contributed by atoms with E-state index in [9.17, 15) is 18.0 Å². The zero-order valence-electron chi connectivity index (χ0n) is 13.2. The van der Waals surface area contributed by atoms with E-state index in [2.05, 4.69) is 5.32 Å². The zero-order chi connectivity index (χ0) is 18.6. The summed E-state index contributed by atoms with van der Waals surface area (Å²) < 4.78 is 43.0. The fraction of sp³-hybridized carbons (Fsp3) is 0.188. The van der Waals surface area contributed by atoms with Crippen molar-refractivity contribution in [3.63, 3.8) is 0 Å². The highest BCUT2D eigenvalue weighted by Crippen LogP contribution is 2.33. The lowest BCUT2D eigenvalue weighted by Crippen LogP contribution is -2.30. The van der Waals surface area contributed by atoms with Gasteiger partial charge >= 0.3 is 13.3 Å². The molecule has 0 saturated carbocycles. The molecule has 0 fully saturated rings. The van der Waals surface area contributed by atoms with Crippen molar-refractivity contribution in [3.8, 4) is 5.75 Å². The van der Waals surface area contributed by atoms with Gasteiger partial charge in [0.1, 0.15) is 5.75 Å². The molecule has 0 aliphatic heterocycles. The van der Waals surface area contributed by atoms with Gasteiger partial charge in [-0.05, 0) is 29.2 Å². The van der Waals surface area contributed by atoms with Gasteiger partial charge in [0, 0.05) is 6.54 Å². The highest BCUT2D eigenvalue weighted by Gasteiger charge is 2.31. The van der Waals surface area contributed by atoms with Crippen molar-refractivity contribution in [3.05, 3.63) is 59.2 Å². The van der Waals surface area contributed by atoms with Crippen LogP contribution in [0.25, 0.3) is 0 Å². The second-order valence-electron chi connectivity index (χ2n) is 5.21. The van der Waals surface area contributed by atoms with Crippen LogP contribution in [-0.2, 0) is 12.7 Å². The number of benzene rings is 2. The minimum atomic E-state index is -4.53. The Morgan fingerprint density at radius 3 is 2.32 bits per heavy atom. The van der Waals surface area contributed by atoms with Crippen molar-refractivity contribution in [1.29, 1.82) is 0 Å². The van der Waals surface area contributed by atoms with E-state index < -0.39 is 24.8 Å². The lowest BCUT2D eigenvalue weighted by atomic mass is 9.80. The van der Waals surface area contributed by atoms with Gasteiger partial charge in [-0.15, -0.1) is 0 Å². The van der Waals surface area contributed by atoms with Gasteiger partial charge in [0.15, 0.2) is 0 Å². The number of hydrogen-bond acceptors (Lipinski definition) is 4. The molecule has 3 N–H and O–H groups in total. The maximum atomic E-state index is 12.7. The smallest absolute Gasteiger partial charge is 0.488 e. The van der Waals surface area contributed by atoms with Gasteiger partial charge < -0.3 is 20.1 Å². The van der Waals surface area contributed by atoms with E-state index in [1.165, 1.54) is 19.2 Å². The van der Waals surface area contributed by atoms with E-state index >= 15 is 0 Å². The van der Waals surface area contributed by atoms with Crippen molar-refractivity contribution in [2.24, 2.45) is 0 Å². The molecule has 0 saturated heterocycles. The predicted octanol–water partition coefficient (Wildman–Crippen LogP) is 1.32. The van der Waals surface area contributed by atoms with E-state index in [1.807, 2.05) is 0 Å². The Morgan fingerprint density at radius 2 is 1.80 bits per heavy atom. The molecule has 25 heavy (non-hydrogen) atoms. The molecule has 5 nitrogen and oxygen atoms in total. The summed E-state index contributed by atoms with van der Waals surface area (Å²) >= 11 is 0. The van der Waals surface area contributed by atoms with Crippen LogP contribution in [0.4, 0.5) is 13.2 Å². The molecule has 0 heterocycles. The van der Waals surface area contributed by atoms with Crippen LogP contribution in [0.15, 0.2) is 42.5 Å². The number of methoxy groups -OCH3 is 1. The first-order valence-corrected chi connectivity index (χ1v) is 7.21. The molecule has 2 rings (SSSR count). The maximum Gasteiger partial charge on any atom is 0.488 e. The van der Waals surface area contributed by atoms with Crippen LogP contribution in [0.1, 0.15) is 21.5 Å². The maximum absolute atomic E-state index is 12.7. The number of ether oxygens (including phenoxy) is 1. The van der Waals surface area contributed by atoms with Crippen LogP contribution in [0.5, 0.6) is 5.75 Å². The number of alkyl halides is 3. The molecule has 0 aliphatic carbocycles. The Labute approximate surface area is 142 Å². The van der Waals surface area contributed by atoms with Crippen molar-refractivity contribution in [2.75, 3.05) is 7.11 Å². The van der Waals surface area contributed by atoms with Crippen LogP contribution in [0.3, 0.4) is 0 Å². The van der Waals surface area contributed by atoms with Gasteiger partial charge in [0.25, 0.3) is 5.91 Å². The van der Waals surface area contributed by atoms with Crippen LogP contribution >= 0.6 is 0 Å². The number of rotatable bonds is 5. The third-order valence-corrected chi connectivity index (χ3v) is 3.50. The summed E-state index contributed by atoms with van der Waals surface area (Å²) in [7, 11) is -0.398. The Morgan fingerprint density at radius 1 is 1.16 bits per heavy atom. The summed E-state index contributed by atoms with van der Waals surface area (Å²) in [5, 5.41) is 20.6. The topological polar surface area (TPSA) is 78.8 Å². The summed E-state index contributed by atoms with van der Waals surface area (Å²) in [4.78, 5) is 12.2. The zero-order valence-corrected chi connectivity index (χ0v) is 13.2. The third-order valence-electron chi connectivity index (χ3n) is 3.50. The quantitative estimate of drug-likeness (QED) is 0.709. The average molecular weight is 353 g/mol. The van der Waals surface area contributed by atoms with Crippen LogP contribution in [0, 0.1) is 0 Å². The Kier molecular flexibility index (Phi) is 5.71.